The molecule has 0 saturated heterocycles. The Morgan fingerprint density at radius 3 is 2.38 bits per heavy atom. The molecule has 1 aliphatic rings. The van der Waals surface area contributed by atoms with Gasteiger partial charge in [0.15, 0.2) is 0 Å². The van der Waals surface area contributed by atoms with Crippen LogP contribution in [0.25, 0.3) is 0 Å². The zero-order chi connectivity index (χ0) is 12.0. The summed E-state index contributed by atoms with van der Waals surface area (Å²) in [5, 5.41) is 3.58. The molecule has 1 rings (SSSR count). The third-order valence-corrected chi connectivity index (χ3v) is 4.02. The van der Waals surface area contributed by atoms with Crippen LogP contribution < -0.4 is 5.32 Å². The summed E-state index contributed by atoms with van der Waals surface area (Å²) in [7, 11) is 1.79. The lowest BCUT2D eigenvalue weighted by Crippen LogP contribution is -2.32. The minimum absolute atomic E-state index is 0.0219. The number of hydrogen-bond acceptors (Lipinski definition) is 2. The average molecular weight is 227 g/mol. The Bertz CT molecular complexity index is 183. The summed E-state index contributed by atoms with van der Waals surface area (Å²) >= 11 is 0. The van der Waals surface area contributed by atoms with Crippen molar-refractivity contribution in [1.82, 2.24) is 5.32 Å². The maximum Gasteiger partial charge on any atom is 0.0634 e. The molecule has 2 nitrogen and oxygen atoms in total. The van der Waals surface area contributed by atoms with Gasteiger partial charge in [0.25, 0.3) is 0 Å². The van der Waals surface area contributed by atoms with Crippen molar-refractivity contribution in [3.05, 3.63) is 0 Å². The van der Waals surface area contributed by atoms with Crippen LogP contribution in [-0.4, -0.2) is 25.8 Å². The third kappa shape index (κ3) is 5.31. The third-order valence-electron chi connectivity index (χ3n) is 4.02. The first-order valence-electron chi connectivity index (χ1n) is 6.79. The molecule has 2 heteroatoms. The van der Waals surface area contributed by atoms with E-state index < -0.39 is 0 Å². The van der Waals surface area contributed by atoms with Gasteiger partial charge in [0.1, 0.15) is 0 Å². The Kier molecular flexibility index (Phi) is 5.77. The molecule has 0 amide bonds. The molecule has 0 heterocycles. The van der Waals surface area contributed by atoms with E-state index in [1.165, 1.54) is 32.2 Å². The van der Waals surface area contributed by atoms with Gasteiger partial charge < -0.3 is 10.1 Å². The van der Waals surface area contributed by atoms with E-state index in [1.54, 1.807) is 7.11 Å². The molecule has 0 atom stereocenters. The fourth-order valence-electron chi connectivity index (χ4n) is 2.33. The van der Waals surface area contributed by atoms with E-state index in [2.05, 4.69) is 26.1 Å². The van der Waals surface area contributed by atoms with E-state index in [9.17, 15) is 0 Å². The highest BCUT2D eigenvalue weighted by molar-refractivity contribution is 4.73. The van der Waals surface area contributed by atoms with Crippen LogP contribution in [0.15, 0.2) is 0 Å². The molecule has 1 saturated carbocycles. The van der Waals surface area contributed by atoms with Crippen molar-refractivity contribution in [2.75, 3.05) is 20.2 Å². The van der Waals surface area contributed by atoms with Crippen molar-refractivity contribution in [2.45, 2.75) is 58.5 Å². The van der Waals surface area contributed by atoms with Gasteiger partial charge in [0, 0.05) is 7.11 Å². The van der Waals surface area contributed by atoms with E-state index in [4.69, 9.17) is 4.74 Å². The molecule has 0 radical (unpaired) electrons. The molecular formula is C14H29NO. The van der Waals surface area contributed by atoms with Gasteiger partial charge in [-0.2, -0.15) is 0 Å². The Morgan fingerprint density at radius 2 is 1.81 bits per heavy atom. The highest BCUT2D eigenvalue weighted by Gasteiger charge is 2.19. The summed E-state index contributed by atoms with van der Waals surface area (Å²) in [4.78, 5) is 0. The predicted octanol–water partition coefficient (Wildman–Crippen LogP) is 3.22. The smallest absolute Gasteiger partial charge is 0.0634 e. The van der Waals surface area contributed by atoms with Gasteiger partial charge in [-0.05, 0) is 58.0 Å². The lowest BCUT2D eigenvalue weighted by atomic mass is 9.83. The molecule has 0 aliphatic heterocycles. The number of rotatable bonds is 6. The van der Waals surface area contributed by atoms with Crippen molar-refractivity contribution in [3.8, 4) is 0 Å². The SMILES string of the molecule is COC(C)(C)CCNCC1CCC(C)CC1. The van der Waals surface area contributed by atoms with E-state index in [-0.39, 0.29) is 5.60 Å². The maximum atomic E-state index is 5.40. The number of methoxy groups -OCH3 is 1. The lowest BCUT2D eigenvalue weighted by molar-refractivity contribution is 0.0156. The van der Waals surface area contributed by atoms with Gasteiger partial charge in [-0.1, -0.05) is 19.8 Å². The maximum absolute atomic E-state index is 5.40. The van der Waals surface area contributed by atoms with E-state index in [0.29, 0.717) is 0 Å². The standard InChI is InChI=1S/C14H29NO/c1-12-5-7-13(8-6-12)11-15-10-9-14(2,3)16-4/h12-13,15H,5-11H2,1-4H3. The number of nitrogens with one attached hydrogen (secondary N) is 1. The first kappa shape index (κ1) is 14.0. The minimum atomic E-state index is 0.0219. The number of hydrogen-bond donors (Lipinski definition) is 1. The Labute approximate surface area is 101 Å². The van der Waals surface area contributed by atoms with Crippen molar-refractivity contribution in [1.29, 1.82) is 0 Å². The summed E-state index contributed by atoms with van der Waals surface area (Å²) in [6.07, 6.45) is 6.78. The Hall–Kier alpha value is -0.0800. The van der Waals surface area contributed by atoms with Gasteiger partial charge in [0.2, 0.25) is 0 Å². The van der Waals surface area contributed by atoms with Gasteiger partial charge >= 0.3 is 0 Å². The summed E-state index contributed by atoms with van der Waals surface area (Å²) in [5.74, 6) is 1.88. The van der Waals surface area contributed by atoms with Crippen molar-refractivity contribution in [2.24, 2.45) is 11.8 Å². The Morgan fingerprint density at radius 1 is 1.19 bits per heavy atom. The van der Waals surface area contributed by atoms with Crippen LogP contribution in [0.4, 0.5) is 0 Å². The first-order chi connectivity index (χ1) is 7.53. The molecule has 96 valence electrons. The normalized spacial score (nSPS) is 27.0. The molecular weight excluding hydrogens is 198 g/mol. The predicted molar refractivity (Wildman–Crippen MR) is 69.7 cm³/mol. The van der Waals surface area contributed by atoms with Gasteiger partial charge in [-0.3, -0.25) is 0 Å². The fraction of sp³-hybridized carbons (Fsp3) is 1.00. The largest absolute Gasteiger partial charge is 0.379 e. The molecule has 0 unspecified atom stereocenters. The summed E-state index contributed by atoms with van der Waals surface area (Å²) in [5.41, 5.74) is 0.0219. The summed E-state index contributed by atoms with van der Waals surface area (Å²) in [6.45, 7) is 8.96. The first-order valence-corrected chi connectivity index (χ1v) is 6.79. The quantitative estimate of drug-likeness (QED) is 0.704. The van der Waals surface area contributed by atoms with Crippen LogP contribution in [-0.2, 0) is 4.74 Å². The second kappa shape index (κ2) is 6.61. The molecule has 0 aromatic carbocycles. The zero-order valence-electron chi connectivity index (χ0n) is 11.5. The second-order valence-electron chi connectivity index (χ2n) is 6.04. The molecule has 0 spiro atoms. The monoisotopic (exact) mass is 227 g/mol. The Balaban J connectivity index is 2.03. The molecule has 16 heavy (non-hydrogen) atoms. The molecule has 1 aliphatic carbocycles. The van der Waals surface area contributed by atoms with E-state index in [0.717, 1.165) is 24.8 Å². The molecule has 0 aromatic heterocycles. The summed E-state index contributed by atoms with van der Waals surface area (Å²) in [6, 6.07) is 0. The molecule has 0 aromatic rings. The van der Waals surface area contributed by atoms with E-state index in [1.807, 2.05) is 0 Å². The van der Waals surface area contributed by atoms with Crippen LogP contribution in [0.5, 0.6) is 0 Å². The van der Waals surface area contributed by atoms with Gasteiger partial charge in [-0.25, -0.2) is 0 Å². The van der Waals surface area contributed by atoms with Crippen LogP contribution >= 0.6 is 0 Å². The van der Waals surface area contributed by atoms with Crippen LogP contribution in [0.1, 0.15) is 52.9 Å². The fourth-order valence-corrected chi connectivity index (χ4v) is 2.33. The zero-order valence-corrected chi connectivity index (χ0v) is 11.5. The van der Waals surface area contributed by atoms with Gasteiger partial charge in [-0.15, -0.1) is 0 Å². The topological polar surface area (TPSA) is 21.3 Å². The highest BCUT2D eigenvalue weighted by atomic mass is 16.5. The average Bonchev–Trinajstić information content (AvgIpc) is 2.27. The second-order valence-corrected chi connectivity index (χ2v) is 6.04. The van der Waals surface area contributed by atoms with Crippen LogP contribution in [0.2, 0.25) is 0 Å². The molecule has 1 N–H and O–H groups in total. The van der Waals surface area contributed by atoms with Crippen molar-refractivity contribution in [3.63, 3.8) is 0 Å². The highest BCUT2D eigenvalue weighted by Crippen LogP contribution is 2.27. The number of ether oxygens (including phenoxy) is 1. The lowest BCUT2D eigenvalue weighted by Gasteiger charge is -2.27. The molecule has 0 bridgehead atoms. The van der Waals surface area contributed by atoms with Gasteiger partial charge in [0.05, 0.1) is 5.60 Å². The molecule has 1 fully saturated rings. The van der Waals surface area contributed by atoms with Crippen molar-refractivity contribution >= 4 is 0 Å². The van der Waals surface area contributed by atoms with Crippen molar-refractivity contribution < 1.29 is 4.74 Å². The summed E-state index contributed by atoms with van der Waals surface area (Å²) < 4.78 is 5.40. The minimum Gasteiger partial charge on any atom is -0.379 e. The van der Waals surface area contributed by atoms with Crippen LogP contribution in [0.3, 0.4) is 0 Å². The van der Waals surface area contributed by atoms with Crippen LogP contribution in [0, 0.1) is 11.8 Å². The van der Waals surface area contributed by atoms with E-state index >= 15 is 0 Å².